The number of aromatic amines is 1. The minimum absolute atomic E-state index is 0.122. The molecule has 1 aliphatic rings. The third-order valence-corrected chi connectivity index (χ3v) is 5.27. The van der Waals surface area contributed by atoms with Crippen molar-refractivity contribution in [1.82, 2.24) is 20.2 Å². The summed E-state index contributed by atoms with van der Waals surface area (Å²) in [5.74, 6) is -0.515. The molecule has 0 spiro atoms. The smallest absolute Gasteiger partial charge is 0.324 e. The molecule has 3 aromatic rings. The lowest BCUT2D eigenvalue weighted by Gasteiger charge is -2.15. The molecule has 1 fully saturated rings. The van der Waals surface area contributed by atoms with Crippen LogP contribution in [0.25, 0.3) is 21.3 Å². The molecule has 1 saturated heterocycles. The Balaban J connectivity index is 1.72. The third-order valence-electron chi connectivity index (χ3n) is 4.40. The predicted octanol–water partition coefficient (Wildman–Crippen LogP) is 2.62. The number of carbonyl (C=O) groups is 2. The van der Waals surface area contributed by atoms with Gasteiger partial charge in [-0.3, -0.25) is 14.5 Å². The van der Waals surface area contributed by atoms with Crippen molar-refractivity contribution in [2.24, 2.45) is 0 Å². The normalized spacial score (nSPS) is 16.2. The molecule has 7 nitrogen and oxygen atoms in total. The van der Waals surface area contributed by atoms with Crippen molar-refractivity contribution in [3.05, 3.63) is 51.6 Å². The number of rotatable bonds is 3. The van der Waals surface area contributed by atoms with Gasteiger partial charge in [0.05, 0.1) is 11.9 Å². The quantitative estimate of drug-likeness (QED) is 0.677. The van der Waals surface area contributed by atoms with E-state index in [2.05, 4.69) is 15.3 Å². The summed E-state index contributed by atoms with van der Waals surface area (Å²) < 4.78 is 13.1. The largest absolute Gasteiger partial charge is 0.325 e. The number of benzene rings is 1. The zero-order chi connectivity index (χ0) is 19.3. The summed E-state index contributed by atoms with van der Waals surface area (Å²) in [6, 6.07) is 5.33. The summed E-state index contributed by atoms with van der Waals surface area (Å²) in [7, 11) is 0. The first kappa shape index (κ1) is 17.3. The van der Waals surface area contributed by atoms with Crippen molar-refractivity contribution in [2.45, 2.75) is 25.9 Å². The number of nitrogens with one attached hydrogen (secondary N) is 2. The molecule has 27 heavy (non-hydrogen) atoms. The monoisotopic (exact) mass is 386 g/mol. The van der Waals surface area contributed by atoms with Gasteiger partial charge in [-0.05, 0) is 31.5 Å². The number of hydrogen-bond acceptors (Lipinski definition) is 5. The second kappa shape index (κ2) is 5.98. The number of urea groups is 1. The first-order chi connectivity index (χ1) is 12.8. The summed E-state index contributed by atoms with van der Waals surface area (Å²) >= 11 is 1.27. The van der Waals surface area contributed by atoms with E-state index in [9.17, 15) is 18.8 Å². The molecule has 0 saturated carbocycles. The van der Waals surface area contributed by atoms with Gasteiger partial charge in [0.15, 0.2) is 0 Å². The molecule has 0 unspecified atom stereocenters. The van der Waals surface area contributed by atoms with Gasteiger partial charge in [0.2, 0.25) is 0 Å². The van der Waals surface area contributed by atoms with Gasteiger partial charge < -0.3 is 10.3 Å². The average molecular weight is 386 g/mol. The Morgan fingerprint density at radius 3 is 2.52 bits per heavy atom. The van der Waals surface area contributed by atoms with Crippen LogP contribution in [0.2, 0.25) is 0 Å². The van der Waals surface area contributed by atoms with Gasteiger partial charge in [0, 0.05) is 10.9 Å². The second-order valence-electron chi connectivity index (χ2n) is 6.80. The third kappa shape index (κ3) is 2.89. The van der Waals surface area contributed by atoms with E-state index >= 15 is 0 Å². The maximum atomic E-state index is 13.1. The van der Waals surface area contributed by atoms with E-state index in [0.29, 0.717) is 21.3 Å². The lowest BCUT2D eigenvalue weighted by molar-refractivity contribution is -0.130. The summed E-state index contributed by atoms with van der Waals surface area (Å²) in [5.41, 5.74) is 0.00652. The molecule has 9 heteroatoms. The molecular formula is C18H15FN4O3S. The highest BCUT2D eigenvalue weighted by Crippen LogP contribution is 2.31. The molecule has 2 N–H and O–H groups in total. The number of halogens is 1. The molecule has 0 bridgehead atoms. The minimum atomic E-state index is -0.986. The summed E-state index contributed by atoms with van der Waals surface area (Å²) in [6.07, 6.45) is 0. The van der Waals surface area contributed by atoms with Crippen LogP contribution in [0.15, 0.2) is 34.4 Å². The van der Waals surface area contributed by atoms with Crippen LogP contribution in [0.5, 0.6) is 0 Å². The predicted molar refractivity (Wildman–Crippen MR) is 98.8 cm³/mol. The molecule has 2 aromatic heterocycles. The SMILES string of the molecule is CC1(C)NC(=O)N(Cc2nc3scc(-c4ccc(F)cc4)c3c(=O)[nH]2)C1=O. The summed E-state index contributed by atoms with van der Waals surface area (Å²) in [4.78, 5) is 45.5. The molecule has 0 radical (unpaired) electrons. The molecule has 3 heterocycles. The fraction of sp³-hybridized carbons (Fsp3) is 0.222. The van der Waals surface area contributed by atoms with E-state index in [4.69, 9.17) is 0 Å². The highest BCUT2D eigenvalue weighted by Gasteiger charge is 2.44. The van der Waals surface area contributed by atoms with Crippen molar-refractivity contribution in [3.63, 3.8) is 0 Å². The summed E-state index contributed by atoms with van der Waals surface area (Å²) in [6.45, 7) is 3.10. The summed E-state index contributed by atoms with van der Waals surface area (Å²) in [5, 5.41) is 4.76. The topological polar surface area (TPSA) is 95.2 Å². The number of aromatic nitrogens is 2. The first-order valence-electron chi connectivity index (χ1n) is 8.17. The van der Waals surface area contributed by atoms with Crippen LogP contribution in [0.3, 0.4) is 0 Å². The molecular weight excluding hydrogens is 371 g/mol. The van der Waals surface area contributed by atoms with Gasteiger partial charge in [0.25, 0.3) is 11.5 Å². The molecule has 3 amide bonds. The minimum Gasteiger partial charge on any atom is -0.324 e. The molecule has 1 aromatic carbocycles. The Bertz CT molecular complexity index is 1130. The highest BCUT2D eigenvalue weighted by molar-refractivity contribution is 7.17. The first-order valence-corrected chi connectivity index (χ1v) is 9.05. The molecule has 0 aliphatic carbocycles. The van der Waals surface area contributed by atoms with Crippen molar-refractivity contribution < 1.29 is 14.0 Å². The zero-order valence-corrected chi connectivity index (χ0v) is 15.3. The van der Waals surface area contributed by atoms with Gasteiger partial charge in [-0.1, -0.05) is 12.1 Å². The number of thiophene rings is 1. The Kier molecular flexibility index (Phi) is 3.84. The lowest BCUT2D eigenvalue weighted by atomic mass is 10.1. The van der Waals surface area contributed by atoms with E-state index in [0.717, 1.165) is 4.90 Å². The van der Waals surface area contributed by atoms with Crippen LogP contribution in [0, 0.1) is 5.82 Å². The molecule has 0 atom stereocenters. The van der Waals surface area contributed by atoms with Crippen LogP contribution in [-0.4, -0.2) is 32.3 Å². The Morgan fingerprint density at radius 1 is 1.19 bits per heavy atom. The zero-order valence-electron chi connectivity index (χ0n) is 14.5. The number of amides is 3. The van der Waals surface area contributed by atoms with Gasteiger partial charge in [0.1, 0.15) is 22.0 Å². The van der Waals surface area contributed by atoms with E-state index in [1.165, 1.54) is 23.5 Å². The number of H-pyrrole nitrogens is 1. The maximum Gasteiger partial charge on any atom is 0.325 e. The number of carbonyl (C=O) groups excluding carboxylic acids is 2. The highest BCUT2D eigenvalue weighted by atomic mass is 32.1. The van der Waals surface area contributed by atoms with Gasteiger partial charge in [-0.15, -0.1) is 11.3 Å². The number of hydrogen-bond donors (Lipinski definition) is 2. The van der Waals surface area contributed by atoms with E-state index in [1.54, 1.807) is 31.4 Å². The fourth-order valence-corrected chi connectivity index (χ4v) is 3.99. The van der Waals surface area contributed by atoms with Crippen LogP contribution < -0.4 is 10.9 Å². The van der Waals surface area contributed by atoms with Crippen LogP contribution in [-0.2, 0) is 11.3 Å². The second-order valence-corrected chi connectivity index (χ2v) is 7.65. The van der Waals surface area contributed by atoms with Gasteiger partial charge in [-0.25, -0.2) is 14.2 Å². The van der Waals surface area contributed by atoms with Gasteiger partial charge in [-0.2, -0.15) is 0 Å². The van der Waals surface area contributed by atoms with Crippen molar-refractivity contribution in [3.8, 4) is 11.1 Å². The average Bonchev–Trinajstić information content (AvgIpc) is 3.10. The molecule has 1 aliphatic heterocycles. The Morgan fingerprint density at radius 2 is 1.89 bits per heavy atom. The number of nitrogens with zero attached hydrogens (tertiary/aromatic N) is 2. The lowest BCUT2D eigenvalue weighted by Crippen LogP contribution is -2.40. The Labute approximate surface area is 156 Å². The van der Waals surface area contributed by atoms with Crippen LogP contribution in [0.1, 0.15) is 19.7 Å². The van der Waals surface area contributed by atoms with Crippen molar-refractivity contribution in [1.29, 1.82) is 0 Å². The van der Waals surface area contributed by atoms with Crippen LogP contribution in [0.4, 0.5) is 9.18 Å². The number of imide groups is 1. The van der Waals surface area contributed by atoms with E-state index in [1.807, 2.05) is 0 Å². The Hall–Kier alpha value is -3.07. The molecule has 4 rings (SSSR count). The van der Waals surface area contributed by atoms with E-state index in [-0.39, 0.29) is 29.7 Å². The van der Waals surface area contributed by atoms with Crippen molar-refractivity contribution in [2.75, 3.05) is 0 Å². The van der Waals surface area contributed by atoms with Crippen LogP contribution >= 0.6 is 11.3 Å². The van der Waals surface area contributed by atoms with Crippen molar-refractivity contribution >= 4 is 33.5 Å². The van der Waals surface area contributed by atoms with Gasteiger partial charge >= 0.3 is 6.03 Å². The maximum absolute atomic E-state index is 13.1. The standard InChI is InChI=1S/C18H15FN4O3S/c1-18(2)16(25)23(17(26)22-18)7-12-20-14(24)13-11(8-27-15(13)21-12)9-3-5-10(19)6-4-9/h3-6,8H,7H2,1-2H3,(H,22,26)(H,20,21,24). The van der Waals surface area contributed by atoms with E-state index < -0.39 is 11.6 Å². The fourth-order valence-electron chi connectivity index (χ4n) is 3.02. The number of fused-ring (bicyclic) bond motifs is 1. The molecule has 138 valence electrons.